The topological polar surface area (TPSA) is 38.8 Å². The average Bonchev–Trinajstić information content (AvgIpc) is 3.13. The summed E-state index contributed by atoms with van der Waals surface area (Å²) in [5.74, 6) is 1.15. The molecule has 36 heavy (non-hydrogen) atoms. The zero-order valence-corrected chi connectivity index (χ0v) is 22.5. The fourth-order valence-corrected chi connectivity index (χ4v) is 5.29. The number of hydrogen-bond donors (Lipinski definition) is 0. The standard InChI is InChI=1S/C29H26ClNO3S2/c1-4-8-22-15-21(16-25(33-5-2)27(22)34-18-20-11-13-23(30)14-12-20)17-26-28(32)31(29(35)36-26)24-10-7-6-9-19(24)3/h4,6-7,9-17H,1,5,8,18H2,2-3H3/b26-17-. The highest BCUT2D eigenvalue weighted by Crippen LogP contribution is 2.39. The predicted octanol–water partition coefficient (Wildman–Crippen LogP) is 7.76. The molecule has 0 aromatic heterocycles. The fourth-order valence-electron chi connectivity index (χ4n) is 3.88. The molecule has 0 aliphatic carbocycles. The molecule has 3 aromatic carbocycles. The predicted molar refractivity (Wildman–Crippen MR) is 154 cm³/mol. The number of allylic oxidation sites excluding steroid dienone is 1. The third-order valence-corrected chi connectivity index (χ3v) is 7.12. The molecular weight excluding hydrogens is 510 g/mol. The van der Waals surface area contributed by atoms with Crippen molar-refractivity contribution in [2.45, 2.75) is 26.9 Å². The number of benzene rings is 3. The summed E-state index contributed by atoms with van der Waals surface area (Å²) in [5, 5.41) is 0.679. The molecule has 1 amide bonds. The van der Waals surface area contributed by atoms with E-state index in [0.29, 0.717) is 45.4 Å². The number of thiocarbonyl (C=S) groups is 1. The molecule has 0 atom stereocenters. The van der Waals surface area contributed by atoms with Crippen molar-refractivity contribution >= 4 is 57.6 Å². The van der Waals surface area contributed by atoms with Gasteiger partial charge in [0.15, 0.2) is 15.8 Å². The summed E-state index contributed by atoms with van der Waals surface area (Å²) < 4.78 is 12.7. The molecule has 4 rings (SSSR count). The highest BCUT2D eigenvalue weighted by molar-refractivity contribution is 8.27. The Morgan fingerprint density at radius 3 is 2.56 bits per heavy atom. The zero-order chi connectivity index (χ0) is 25.7. The van der Waals surface area contributed by atoms with Gasteiger partial charge in [-0.2, -0.15) is 0 Å². The molecule has 4 nitrogen and oxygen atoms in total. The number of hydrogen-bond acceptors (Lipinski definition) is 5. The second-order valence-corrected chi connectivity index (χ2v) is 10.3. The van der Waals surface area contributed by atoms with E-state index in [-0.39, 0.29) is 5.91 Å². The van der Waals surface area contributed by atoms with Gasteiger partial charge in [-0.1, -0.05) is 72.0 Å². The van der Waals surface area contributed by atoms with Crippen LogP contribution in [-0.2, 0) is 17.8 Å². The van der Waals surface area contributed by atoms with Crippen LogP contribution in [-0.4, -0.2) is 16.8 Å². The van der Waals surface area contributed by atoms with E-state index >= 15 is 0 Å². The molecule has 0 radical (unpaired) electrons. The summed E-state index contributed by atoms with van der Waals surface area (Å²) in [6.07, 6.45) is 4.26. The molecule has 0 unspecified atom stereocenters. The number of carbonyl (C=O) groups excluding carboxylic acids is 1. The molecule has 1 heterocycles. The third kappa shape index (κ3) is 5.84. The Morgan fingerprint density at radius 1 is 1.11 bits per heavy atom. The second-order valence-electron chi connectivity index (χ2n) is 8.15. The number of halogens is 1. The summed E-state index contributed by atoms with van der Waals surface area (Å²) in [6.45, 7) is 8.64. The number of amides is 1. The number of ether oxygens (including phenoxy) is 2. The van der Waals surface area contributed by atoms with Crippen LogP contribution in [0.5, 0.6) is 11.5 Å². The van der Waals surface area contributed by atoms with E-state index in [0.717, 1.165) is 27.9 Å². The number of rotatable bonds is 9. The minimum Gasteiger partial charge on any atom is -0.490 e. The number of nitrogens with zero attached hydrogens (tertiary/aromatic N) is 1. The van der Waals surface area contributed by atoms with Crippen molar-refractivity contribution in [3.8, 4) is 11.5 Å². The van der Waals surface area contributed by atoms with E-state index < -0.39 is 0 Å². The first-order chi connectivity index (χ1) is 17.4. The van der Waals surface area contributed by atoms with Gasteiger partial charge < -0.3 is 9.47 Å². The molecule has 7 heteroatoms. The number of anilines is 1. The van der Waals surface area contributed by atoms with E-state index in [2.05, 4.69) is 6.58 Å². The summed E-state index contributed by atoms with van der Waals surface area (Å²) in [7, 11) is 0. The Labute approximate surface area is 226 Å². The second kappa shape index (κ2) is 11.8. The summed E-state index contributed by atoms with van der Waals surface area (Å²) in [4.78, 5) is 15.5. The number of para-hydroxylation sites is 1. The maximum atomic E-state index is 13.3. The van der Waals surface area contributed by atoms with Crippen LogP contribution in [0.25, 0.3) is 6.08 Å². The number of aryl methyl sites for hydroxylation is 1. The van der Waals surface area contributed by atoms with Gasteiger partial charge in [0.2, 0.25) is 0 Å². The summed E-state index contributed by atoms with van der Waals surface area (Å²) >= 11 is 12.9. The molecule has 1 aliphatic rings. The minimum atomic E-state index is -0.134. The van der Waals surface area contributed by atoms with Gasteiger partial charge in [-0.3, -0.25) is 9.69 Å². The Bertz CT molecular complexity index is 1330. The Balaban J connectivity index is 1.67. The van der Waals surface area contributed by atoms with Crippen molar-refractivity contribution in [3.63, 3.8) is 0 Å². The zero-order valence-electron chi connectivity index (χ0n) is 20.1. The Morgan fingerprint density at radius 2 is 1.86 bits per heavy atom. The van der Waals surface area contributed by atoms with E-state index in [4.69, 9.17) is 33.3 Å². The lowest BCUT2D eigenvalue weighted by molar-refractivity contribution is -0.113. The highest BCUT2D eigenvalue weighted by atomic mass is 35.5. The fraction of sp³-hybridized carbons (Fsp3) is 0.172. The molecule has 3 aromatic rings. The lowest BCUT2D eigenvalue weighted by atomic mass is 10.0. The first kappa shape index (κ1) is 26.0. The third-order valence-electron chi connectivity index (χ3n) is 5.56. The van der Waals surface area contributed by atoms with Gasteiger partial charge in [-0.05, 0) is 73.4 Å². The van der Waals surface area contributed by atoms with Crippen LogP contribution in [0, 0.1) is 6.92 Å². The van der Waals surface area contributed by atoms with E-state index in [1.807, 2.05) is 86.7 Å². The van der Waals surface area contributed by atoms with Crippen LogP contribution in [0.3, 0.4) is 0 Å². The minimum absolute atomic E-state index is 0.134. The van der Waals surface area contributed by atoms with E-state index in [1.54, 1.807) is 4.90 Å². The van der Waals surface area contributed by atoms with Crippen LogP contribution in [0.2, 0.25) is 5.02 Å². The molecule has 0 spiro atoms. The molecule has 1 aliphatic heterocycles. The maximum Gasteiger partial charge on any atom is 0.270 e. The normalized spacial score (nSPS) is 14.4. The Hall–Kier alpha value is -3.06. The van der Waals surface area contributed by atoms with Crippen LogP contribution < -0.4 is 14.4 Å². The molecule has 184 valence electrons. The molecule has 0 saturated carbocycles. The van der Waals surface area contributed by atoms with Gasteiger partial charge in [0, 0.05) is 10.6 Å². The molecule has 0 N–H and O–H groups in total. The van der Waals surface area contributed by atoms with Crippen molar-refractivity contribution < 1.29 is 14.3 Å². The molecule has 0 bridgehead atoms. The van der Waals surface area contributed by atoms with Crippen molar-refractivity contribution in [2.24, 2.45) is 0 Å². The van der Waals surface area contributed by atoms with Gasteiger partial charge in [0.05, 0.1) is 17.2 Å². The van der Waals surface area contributed by atoms with Gasteiger partial charge in [0.25, 0.3) is 5.91 Å². The Kier molecular flexibility index (Phi) is 8.52. The van der Waals surface area contributed by atoms with Crippen molar-refractivity contribution in [1.29, 1.82) is 0 Å². The van der Waals surface area contributed by atoms with E-state index in [9.17, 15) is 4.79 Å². The lowest BCUT2D eigenvalue weighted by Crippen LogP contribution is -2.28. The lowest BCUT2D eigenvalue weighted by Gasteiger charge is -2.17. The molecule has 1 fully saturated rings. The van der Waals surface area contributed by atoms with Crippen LogP contribution in [0.1, 0.15) is 29.2 Å². The SMILES string of the molecule is C=CCc1cc(/C=C2\SC(=S)N(c3ccccc3C)C2=O)cc(OCC)c1OCc1ccc(Cl)cc1. The number of thioether (sulfide) groups is 1. The first-order valence-electron chi connectivity index (χ1n) is 11.5. The summed E-state index contributed by atoms with van der Waals surface area (Å²) in [6, 6.07) is 19.2. The van der Waals surface area contributed by atoms with Gasteiger partial charge in [-0.25, -0.2) is 0 Å². The van der Waals surface area contributed by atoms with Crippen molar-refractivity contribution in [2.75, 3.05) is 11.5 Å². The van der Waals surface area contributed by atoms with Gasteiger partial charge >= 0.3 is 0 Å². The van der Waals surface area contributed by atoms with Gasteiger partial charge in [0.1, 0.15) is 6.61 Å². The van der Waals surface area contributed by atoms with E-state index in [1.165, 1.54) is 11.8 Å². The molecule has 1 saturated heterocycles. The van der Waals surface area contributed by atoms with Crippen molar-refractivity contribution in [1.82, 2.24) is 0 Å². The first-order valence-corrected chi connectivity index (χ1v) is 13.1. The van der Waals surface area contributed by atoms with Crippen LogP contribution in [0.15, 0.2) is 78.2 Å². The quantitative estimate of drug-likeness (QED) is 0.159. The van der Waals surface area contributed by atoms with Crippen LogP contribution >= 0.6 is 35.6 Å². The smallest absolute Gasteiger partial charge is 0.270 e. The molecular formula is C29H26ClNO3S2. The van der Waals surface area contributed by atoms with Crippen molar-refractivity contribution in [3.05, 3.63) is 106 Å². The number of carbonyl (C=O) groups is 1. The average molecular weight is 536 g/mol. The van der Waals surface area contributed by atoms with Crippen LogP contribution in [0.4, 0.5) is 5.69 Å². The summed E-state index contributed by atoms with van der Waals surface area (Å²) in [5.41, 5.74) is 4.54. The highest BCUT2D eigenvalue weighted by Gasteiger charge is 2.34. The maximum absolute atomic E-state index is 13.3. The monoisotopic (exact) mass is 535 g/mol. The van der Waals surface area contributed by atoms with Gasteiger partial charge in [-0.15, -0.1) is 6.58 Å². The largest absolute Gasteiger partial charge is 0.490 e.